The molecule has 0 aliphatic carbocycles. The standard InChI is InChI=1S/C12H12FNOS/c1-8-2-3-11(13)10(4-8)12(15)5-9-6-14-7-16-9/h2-4,6-7,12,15H,5H2,1H3. The Hall–Kier alpha value is -1.26. The Morgan fingerprint density at radius 2 is 2.31 bits per heavy atom. The summed E-state index contributed by atoms with van der Waals surface area (Å²) in [5, 5.41) is 9.94. The average molecular weight is 237 g/mol. The van der Waals surface area contributed by atoms with Crippen molar-refractivity contribution in [3.8, 4) is 0 Å². The number of aryl methyl sites for hydroxylation is 1. The van der Waals surface area contributed by atoms with Crippen molar-refractivity contribution in [1.82, 2.24) is 4.98 Å². The summed E-state index contributed by atoms with van der Waals surface area (Å²) < 4.78 is 13.5. The number of aliphatic hydroxyl groups is 1. The van der Waals surface area contributed by atoms with Crippen LogP contribution >= 0.6 is 11.3 Å². The zero-order valence-corrected chi connectivity index (χ0v) is 9.67. The van der Waals surface area contributed by atoms with Crippen molar-refractivity contribution >= 4 is 11.3 Å². The summed E-state index contributed by atoms with van der Waals surface area (Å²) in [7, 11) is 0. The van der Waals surface area contributed by atoms with Gasteiger partial charge in [0, 0.05) is 23.1 Å². The number of hydrogen-bond donors (Lipinski definition) is 1. The van der Waals surface area contributed by atoms with Crippen LogP contribution in [0.15, 0.2) is 29.9 Å². The Balaban J connectivity index is 2.20. The molecule has 2 rings (SSSR count). The normalized spacial score (nSPS) is 12.7. The minimum absolute atomic E-state index is 0.355. The third kappa shape index (κ3) is 2.46. The van der Waals surface area contributed by atoms with Gasteiger partial charge in [0.25, 0.3) is 0 Å². The summed E-state index contributed by atoms with van der Waals surface area (Å²) in [6.45, 7) is 1.88. The second-order valence-electron chi connectivity index (χ2n) is 3.71. The number of hydrogen-bond acceptors (Lipinski definition) is 3. The number of benzene rings is 1. The maximum atomic E-state index is 13.5. The number of thiazole rings is 1. The number of aliphatic hydroxyl groups excluding tert-OH is 1. The minimum atomic E-state index is -0.805. The van der Waals surface area contributed by atoms with Gasteiger partial charge in [0.15, 0.2) is 0 Å². The summed E-state index contributed by atoms with van der Waals surface area (Å²) in [5.74, 6) is -0.359. The Bertz CT molecular complexity index is 470. The van der Waals surface area contributed by atoms with Crippen molar-refractivity contribution in [3.63, 3.8) is 0 Å². The fraction of sp³-hybridized carbons (Fsp3) is 0.250. The number of aromatic nitrogens is 1. The van der Waals surface area contributed by atoms with Crippen LogP contribution in [0.1, 0.15) is 22.1 Å². The van der Waals surface area contributed by atoms with Gasteiger partial charge in [0.05, 0.1) is 11.6 Å². The third-order valence-corrected chi connectivity index (χ3v) is 3.19. The highest BCUT2D eigenvalue weighted by Gasteiger charge is 2.14. The summed E-state index contributed by atoms with van der Waals surface area (Å²) in [5.41, 5.74) is 3.00. The van der Waals surface area contributed by atoms with Crippen LogP contribution in [-0.4, -0.2) is 10.1 Å². The molecule has 16 heavy (non-hydrogen) atoms. The molecule has 4 heteroatoms. The van der Waals surface area contributed by atoms with Gasteiger partial charge >= 0.3 is 0 Å². The van der Waals surface area contributed by atoms with Crippen LogP contribution in [-0.2, 0) is 6.42 Å². The Labute approximate surface area is 97.4 Å². The van der Waals surface area contributed by atoms with E-state index in [0.717, 1.165) is 10.4 Å². The molecular formula is C12H12FNOS. The molecule has 84 valence electrons. The zero-order valence-electron chi connectivity index (χ0n) is 8.85. The van der Waals surface area contributed by atoms with Gasteiger partial charge in [0.2, 0.25) is 0 Å². The summed E-state index contributed by atoms with van der Waals surface area (Å²) in [6, 6.07) is 4.76. The van der Waals surface area contributed by atoms with E-state index in [9.17, 15) is 9.50 Å². The molecule has 0 saturated heterocycles. The number of nitrogens with zero attached hydrogens (tertiary/aromatic N) is 1. The minimum Gasteiger partial charge on any atom is -0.388 e. The van der Waals surface area contributed by atoms with E-state index in [1.807, 2.05) is 6.92 Å². The Kier molecular flexibility index (Phi) is 3.31. The van der Waals surface area contributed by atoms with Gasteiger partial charge in [-0.1, -0.05) is 17.7 Å². The molecule has 0 aliphatic heterocycles. The predicted octanol–water partition coefficient (Wildman–Crippen LogP) is 2.87. The fourth-order valence-corrected chi connectivity index (χ4v) is 2.19. The molecule has 0 radical (unpaired) electrons. The highest BCUT2D eigenvalue weighted by molar-refractivity contribution is 7.09. The molecule has 0 bridgehead atoms. The van der Waals surface area contributed by atoms with Crippen LogP contribution in [0.4, 0.5) is 4.39 Å². The van der Waals surface area contributed by atoms with Gasteiger partial charge in [-0.2, -0.15) is 0 Å². The summed E-state index contributed by atoms with van der Waals surface area (Å²) in [4.78, 5) is 4.87. The van der Waals surface area contributed by atoms with E-state index >= 15 is 0 Å². The molecule has 0 amide bonds. The molecule has 0 saturated carbocycles. The SMILES string of the molecule is Cc1ccc(F)c(C(O)Cc2cncs2)c1. The maximum absolute atomic E-state index is 13.5. The Morgan fingerprint density at radius 1 is 1.50 bits per heavy atom. The quantitative estimate of drug-likeness (QED) is 0.890. The van der Waals surface area contributed by atoms with E-state index in [0.29, 0.717) is 12.0 Å². The summed E-state index contributed by atoms with van der Waals surface area (Å²) >= 11 is 1.46. The molecule has 0 fully saturated rings. The van der Waals surface area contributed by atoms with Crippen molar-refractivity contribution in [3.05, 3.63) is 51.7 Å². The highest BCUT2D eigenvalue weighted by atomic mass is 32.1. The molecule has 0 spiro atoms. The average Bonchev–Trinajstić information content (AvgIpc) is 2.74. The van der Waals surface area contributed by atoms with E-state index in [1.54, 1.807) is 23.8 Å². The van der Waals surface area contributed by atoms with Crippen LogP contribution in [0.3, 0.4) is 0 Å². The highest BCUT2D eigenvalue weighted by Crippen LogP contribution is 2.23. The zero-order chi connectivity index (χ0) is 11.5. The Morgan fingerprint density at radius 3 is 3.00 bits per heavy atom. The number of halogens is 1. The van der Waals surface area contributed by atoms with Crippen molar-refractivity contribution < 1.29 is 9.50 Å². The first kappa shape index (κ1) is 11.2. The topological polar surface area (TPSA) is 33.1 Å². The first-order chi connectivity index (χ1) is 7.66. The predicted molar refractivity (Wildman–Crippen MR) is 61.9 cm³/mol. The van der Waals surface area contributed by atoms with Crippen LogP contribution in [0.2, 0.25) is 0 Å². The molecule has 1 heterocycles. The second-order valence-corrected chi connectivity index (χ2v) is 4.68. The molecule has 2 nitrogen and oxygen atoms in total. The summed E-state index contributed by atoms with van der Waals surface area (Å²) in [6.07, 6.45) is 1.30. The molecule has 2 aromatic rings. The fourth-order valence-electron chi connectivity index (χ4n) is 1.56. The lowest BCUT2D eigenvalue weighted by Gasteiger charge is -2.11. The van der Waals surface area contributed by atoms with Gasteiger partial charge < -0.3 is 5.11 Å². The van der Waals surface area contributed by atoms with E-state index < -0.39 is 6.10 Å². The first-order valence-electron chi connectivity index (χ1n) is 4.98. The van der Waals surface area contributed by atoms with E-state index in [2.05, 4.69) is 4.98 Å². The van der Waals surface area contributed by atoms with Gasteiger partial charge in [0.1, 0.15) is 5.82 Å². The maximum Gasteiger partial charge on any atom is 0.129 e. The lowest BCUT2D eigenvalue weighted by Crippen LogP contribution is -2.03. The molecule has 1 N–H and O–H groups in total. The van der Waals surface area contributed by atoms with Gasteiger partial charge in [-0.3, -0.25) is 4.98 Å². The molecule has 1 atom stereocenters. The van der Waals surface area contributed by atoms with Gasteiger partial charge in [-0.25, -0.2) is 4.39 Å². The van der Waals surface area contributed by atoms with Crippen molar-refractivity contribution in [2.75, 3.05) is 0 Å². The van der Waals surface area contributed by atoms with Crippen LogP contribution in [0.5, 0.6) is 0 Å². The second kappa shape index (κ2) is 4.72. The lowest BCUT2D eigenvalue weighted by molar-refractivity contribution is 0.174. The van der Waals surface area contributed by atoms with E-state index in [1.165, 1.54) is 17.4 Å². The molecular weight excluding hydrogens is 225 g/mol. The van der Waals surface area contributed by atoms with Crippen LogP contribution in [0.25, 0.3) is 0 Å². The van der Waals surface area contributed by atoms with Gasteiger partial charge in [-0.15, -0.1) is 11.3 Å². The molecule has 1 aromatic heterocycles. The van der Waals surface area contributed by atoms with Crippen molar-refractivity contribution in [2.24, 2.45) is 0 Å². The van der Waals surface area contributed by atoms with Crippen molar-refractivity contribution in [2.45, 2.75) is 19.4 Å². The third-order valence-electron chi connectivity index (χ3n) is 2.39. The lowest BCUT2D eigenvalue weighted by atomic mass is 10.0. The van der Waals surface area contributed by atoms with E-state index in [-0.39, 0.29) is 5.82 Å². The van der Waals surface area contributed by atoms with Gasteiger partial charge in [-0.05, 0) is 13.0 Å². The largest absolute Gasteiger partial charge is 0.388 e. The monoisotopic (exact) mass is 237 g/mol. The van der Waals surface area contributed by atoms with Crippen LogP contribution in [0, 0.1) is 12.7 Å². The molecule has 1 unspecified atom stereocenters. The molecule has 1 aromatic carbocycles. The molecule has 0 aliphatic rings. The number of rotatable bonds is 3. The first-order valence-corrected chi connectivity index (χ1v) is 5.86. The smallest absolute Gasteiger partial charge is 0.129 e. The van der Waals surface area contributed by atoms with Crippen molar-refractivity contribution in [1.29, 1.82) is 0 Å². The van der Waals surface area contributed by atoms with E-state index in [4.69, 9.17) is 0 Å². The van der Waals surface area contributed by atoms with Crippen LogP contribution < -0.4 is 0 Å².